The van der Waals surface area contributed by atoms with Crippen molar-refractivity contribution in [3.05, 3.63) is 18.0 Å². The van der Waals surface area contributed by atoms with Crippen molar-refractivity contribution in [2.75, 3.05) is 18.0 Å². The molecule has 0 aliphatic carbocycles. The summed E-state index contributed by atoms with van der Waals surface area (Å²) in [5.74, 6) is 0.791. The number of rotatable bonds is 3. The maximum absolute atomic E-state index is 11.2. The van der Waals surface area contributed by atoms with Gasteiger partial charge in [0.15, 0.2) is 11.5 Å². The van der Waals surface area contributed by atoms with E-state index in [0.717, 1.165) is 31.0 Å². The van der Waals surface area contributed by atoms with Gasteiger partial charge in [0, 0.05) is 19.0 Å². The maximum atomic E-state index is 11.2. The van der Waals surface area contributed by atoms with Crippen LogP contribution in [0.25, 0.3) is 5.65 Å². The van der Waals surface area contributed by atoms with Gasteiger partial charge < -0.3 is 10.0 Å². The van der Waals surface area contributed by atoms with E-state index in [2.05, 4.69) is 15.3 Å². The molecule has 21 heavy (non-hydrogen) atoms. The van der Waals surface area contributed by atoms with E-state index in [1.807, 2.05) is 30.9 Å². The lowest BCUT2D eigenvalue weighted by atomic mass is 9.98. The molecule has 2 aromatic heterocycles. The molecule has 0 amide bonds. The Hall–Kier alpha value is -2.18. The maximum Gasteiger partial charge on any atom is 0.308 e. The van der Waals surface area contributed by atoms with Crippen LogP contribution < -0.4 is 4.90 Å². The zero-order valence-electron chi connectivity index (χ0n) is 12.2. The van der Waals surface area contributed by atoms with Crippen LogP contribution in [0.2, 0.25) is 0 Å². The van der Waals surface area contributed by atoms with E-state index < -0.39 is 5.97 Å². The van der Waals surface area contributed by atoms with Crippen molar-refractivity contribution >= 4 is 17.4 Å². The highest BCUT2D eigenvalue weighted by atomic mass is 16.4. The third kappa shape index (κ3) is 2.55. The van der Waals surface area contributed by atoms with E-state index in [1.54, 1.807) is 4.52 Å². The minimum absolute atomic E-state index is 0.232. The molecular weight excluding hydrogens is 270 g/mol. The van der Waals surface area contributed by atoms with E-state index in [-0.39, 0.29) is 11.8 Å². The van der Waals surface area contributed by atoms with Crippen molar-refractivity contribution in [2.24, 2.45) is 5.92 Å². The predicted molar refractivity (Wildman–Crippen MR) is 77.4 cm³/mol. The van der Waals surface area contributed by atoms with Crippen LogP contribution in [-0.4, -0.2) is 44.0 Å². The first kappa shape index (κ1) is 13.8. The Kier molecular flexibility index (Phi) is 3.48. The molecule has 3 rings (SSSR count). The number of nitrogens with zero attached hydrogens (tertiary/aromatic N) is 5. The second-order valence-corrected chi connectivity index (χ2v) is 5.80. The number of hydrogen-bond acceptors (Lipinski definition) is 5. The fourth-order valence-corrected chi connectivity index (χ4v) is 2.71. The summed E-state index contributed by atoms with van der Waals surface area (Å²) in [4.78, 5) is 13.2. The number of carbonyl (C=O) groups is 1. The van der Waals surface area contributed by atoms with Gasteiger partial charge in [0.2, 0.25) is 0 Å². The molecule has 0 spiro atoms. The van der Waals surface area contributed by atoms with E-state index in [4.69, 9.17) is 0 Å². The Bertz CT molecular complexity index is 666. The van der Waals surface area contributed by atoms with Crippen LogP contribution in [0.4, 0.5) is 5.82 Å². The molecule has 112 valence electrons. The molecule has 1 saturated heterocycles. The molecule has 3 heterocycles. The summed E-state index contributed by atoms with van der Waals surface area (Å²) in [6, 6.07) is 3.77. The molecule has 7 nitrogen and oxygen atoms in total. The smallest absolute Gasteiger partial charge is 0.308 e. The zero-order valence-corrected chi connectivity index (χ0v) is 12.2. The van der Waals surface area contributed by atoms with Gasteiger partial charge in [-0.1, -0.05) is 13.8 Å². The number of anilines is 1. The highest BCUT2D eigenvalue weighted by molar-refractivity contribution is 5.71. The van der Waals surface area contributed by atoms with Crippen LogP contribution in [0.15, 0.2) is 12.1 Å². The second-order valence-electron chi connectivity index (χ2n) is 5.80. The first-order valence-electron chi connectivity index (χ1n) is 7.26. The standard InChI is InChI=1S/C14H19N5O2/c1-9(2)13-16-15-11-5-6-12(17-19(11)13)18-7-3-4-10(8-18)14(20)21/h5-6,9-10H,3-4,7-8H2,1-2H3,(H,20,21). The fourth-order valence-electron chi connectivity index (χ4n) is 2.71. The highest BCUT2D eigenvalue weighted by Gasteiger charge is 2.26. The van der Waals surface area contributed by atoms with Crippen molar-refractivity contribution in [1.29, 1.82) is 0 Å². The van der Waals surface area contributed by atoms with Crippen molar-refractivity contribution < 1.29 is 9.90 Å². The monoisotopic (exact) mass is 289 g/mol. The molecule has 7 heteroatoms. The number of aromatic nitrogens is 4. The third-order valence-corrected chi connectivity index (χ3v) is 3.88. The van der Waals surface area contributed by atoms with Gasteiger partial charge >= 0.3 is 5.97 Å². The van der Waals surface area contributed by atoms with Crippen molar-refractivity contribution in [3.63, 3.8) is 0 Å². The molecule has 1 aliphatic rings. The molecule has 0 saturated carbocycles. The minimum Gasteiger partial charge on any atom is -0.481 e. The Labute approximate surface area is 122 Å². The topological polar surface area (TPSA) is 83.6 Å². The number of aliphatic carboxylic acids is 1. The van der Waals surface area contributed by atoms with Gasteiger partial charge in [-0.25, -0.2) is 0 Å². The van der Waals surface area contributed by atoms with Crippen molar-refractivity contribution in [2.45, 2.75) is 32.6 Å². The molecule has 0 bridgehead atoms. The molecule has 1 unspecified atom stereocenters. The van der Waals surface area contributed by atoms with E-state index >= 15 is 0 Å². The summed E-state index contributed by atoms with van der Waals surface area (Å²) < 4.78 is 1.75. The molecule has 1 N–H and O–H groups in total. The molecule has 0 radical (unpaired) electrons. The highest BCUT2D eigenvalue weighted by Crippen LogP contribution is 2.22. The Balaban J connectivity index is 1.93. The summed E-state index contributed by atoms with van der Waals surface area (Å²) in [6.45, 7) is 5.44. The summed E-state index contributed by atoms with van der Waals surface area (Å²) in [5, 5.41) is 22.1. The molecule has 2 aromatic rings. The number of fused-ring (bicyclic) bond motifs is 1. The molecule has 0 aromatic carbocycles. The number of piperidine rings is 1. The second kappa shape index (κ2) is 5.31. The van der Waals surface area contributed by atoms with Crippen LogP contribution in [0.1, 0.15) is 38.4 Å². The minimum atomic E-state index is -0.729. The average molecular weight is 289 g/mol. The number of hydrogen-bond donors (Lipinski definition) is 1. The molecule has 1 fully saturated rings. The van der Waals surface area contributed by atoms with Crippen LogP contribution >= 0.6 is 0 Å². The molecule has 1 atom stereocenters. The van der Waals surface area contributed by atoms with Gasteiger partial charge in [-0.2, -0.15) is 4.52 Å². The predicted octanol–water partition coefficient (Wildman–Crippen LogP) is 1.55. The van der Waals surface area contributed by atoms with Crippen LogP contribution in [0, 0.1) is 5.92 Å². The van der Waals surface area contributed by atoms with Crippen LogP contribution in [0.3, 0.4) is 0 Å². The Morgan fingerprint density at radius 2 is 2.19 bits per heavy atom. The summed E-state index contributed by atoms with van der Waals surface area (Å²) in [7, 11) is 0. The van der Waals surface area contributed by atoms with Crippen LogP contribution in [0.5, 0.6) is 0 Å². The third-order valence-electron chi connectivity index (χ3n) is 3.88. The van der Waals surface area contributed by atoms with Crippen molar-refractivity contribution in [1.82, 2.24) is 19.8 Å². The largest absolute Gasteiger partial charge is 0.481 e. The van der Waals surface area contributed by atoms with E-state index in [9.17, 15) is 9.90 Å². The average Bonchev–Trinajstić information content (AvgIpc) is 2.90. The van der Waals surface area contributed by atoms with E-state index in [1.165, 1.54) is 0 Å². The summed E-state index contributed by atoms with van der Waals surface area (Å²) in [5.41, 5.74) is 0.717. The summed E-state index contributed by atoms with van der Waals surface area (Å²) >= 11 is 0. The number of carboxylic acids is 1. The van der Waals surface area contributed by atoms with Gasteiger partial charge in [-0.3, -0.25) is 4.79 Å². The Morgan fingerprint density at radius 1 is 1.38 bits per heavy atom. The van der Waals surface area contributed by atoms with Gasteiger partial charge in [-0.05, 0) is 25.0 Å². The van der Waals surface area contributed by atoms with Crippen LogP contribution in [-0.2, 0) is 4.79 Å². The van der Waals surface area contributed by atoms with Crippen molar-refractivity contribution in [3.8, 4) is 0 Å². The lowest BCUT2D eigenvalue weighted by Crippen LogP contribution is -2.39. The normalized spacial score (nSPS) is 19.4. The quantitative estimate of drug-likeness (QED) is 0.923. The van der Waals surface area contributed by atoms with Gasteiger partial charge in [-0.15, -0.1) is 15.3 Å². The van der Waals surface area contributed by atoms with E-state index in [0.29, 0.717) is 12.2 Å². The first-order valence-corrected chi connectivity index (χ1v) is 7.26. The Morgan fingerprint density at radius 3 is 2.90 bits per heavy atom. The SMILES string of the molecule is CC(C)c1nnc2ccc(N3CCCC(C(=O)O)C3)nn12. The first-order chi connectivity index (χ1) is 10.1. The number of carboxylic acid groups (broad SMARTS) is 1. The van der Waals surface area contributed by atoms with Gasteiger partial charge in [0.25, 0.3) is 0 Å². The fraction of sp³-hybridized carbons (Fsp3) is 0.571. The van der Waals surface area contributed by atoms with Gasteiger partial charge in [0.05, 0.1) is 5.92 Å². The summed E-state index contributed by atoms with van der Waals surface area (Å²) in [6.07, 6.45) is 1.61. The lowest BCUT2D eigenvalue weighted by molar-refractivity contribution is -0.141. The lowest BCUT2D eigenvalue weighted by Gasteiger charge is -2.31. The van der Waals surface area contributed by atoms with Gasteiger partial charge in [0.1, 0.15) is 5.82 Å². The zero-order chi connectivity index (χ0) is 15.0. The molecule has 1 aliphatic heterocycles. The molecular formula is C14H19N5O2.